The van der Waals surface area contributed by atoms with Gasteiger partial charge in [0.05, 0.1) is 12.9 Å². The topological polar surface area (TPSA) is 114 Å². The van der Waals surface area contributed by atoms with E-state index in [1.807, 2.05) is 36.6 Å². The molecule has 1 heterocycles. The Labute approximate surface area is 301 Å². The van der Waals surface area contributed by atoms with Crippen molar-refractivity contribution < 1.29 is 23.9 Å². The van der Waals surface area contributed by atoms with Crippen molar-refractivity contribution in [3.63, 3.8) is 0 Å². The molecular weight excluding hydrogens is 701 g/mol. The number of benzene rings is 4. The summed E-state index contributed by atoms with van der Waals surface area (Å²) in [5.74, 6) is -1.91. The molecule has 3 N–H and O–H groups in total. The van der Waals surface area contributed by atoms with Crippen molar-refractivity contribution in [2.24, 2.45) is 0 Å². The fourth-order valence-electron chi connectivity index (χ4n) is 4.59. The zero-order valence-corrected chi connectivity index (χ0v) is 29.4. The summed E-state index contributed by atoms with van der Waals surface area (Å²) in [6.07, 6.45) is 1.47. The first-order valence-corrected chi connectivity index (χ1v) is 17.4. The smallest absolute Gasteiger partial charge is 0.341 e. The Balaban J connectivity index is 1.28. The molecule has 0 unspecified atom stereocenters. The van der Waals surface area contributed by atoms with Gasteiger partial charge in [-0.25, -0.2) is 4.79 Å². The Hall–Kier alpha value is -4.87. The molecule has 0 aliphatic carbocycles. The maximum atomic E-state index is 13.5. The number of rotatable bonds is 11. The van der Waals surface area contributed by atoms with Gasteiger partial charge in [0, 0.05) is 37.1 Å². The average molecular weight is 731 g/mol. The van der Waals surface area contributed by atoms with E-state index in [1.165, 1.54) is 42.4 Å². The Morgan fingerprint density at radius 1 is 0.878 bits per heavy atom. The predicted molar refractivity (Wildman–Crippen MR) is 199 cm³/mol. The van der Waals surface area contributed by atoms with Crippen LogP contribution in [0.4, 0.5) is 10.7 Å². The summed E-state index contributed by atoms with van der Waals surface area (Å²) in [5.41, 5.74) is 4.13. The van der Waals surface area contributed by atoms with Crippen LogP contribution in [0.2, 0.25) is 10.0 Å². The SMILES string of the molecule is COC(=O)c1c(-c2ccc(C)cc2)csc1NC(=O)CSc1cccc(NC(=O)/C(=C\c2ccc(Cl)cc2Cl)NC(=O)c2ccccc2)c1. The molecule has 0 atom stereocenters. The maximum absolute atomic E-state index is 13.5. The van der Waals surface area contributed by atoms with Crippen LogP contribution in [0.3, 0.4) is 0 Å². The molecule has 0 bridgehead atoms. The van der Waals surface area contributed by atoms with Crippen molar-refractivity contribution in [3.8, 4) is 11.1 Å². The molecule has 0 saturated carbocycles. The lowest BCUT2D eigenvalue weighted by Gasteiger charge is -2.13. The Kier molecular flexibility index (Phi) is 11.9. The number of hydrogen-bond donors (Lipinski definition) is 3. The molecule has 0 aliphatic rings. The van der Waals surface area contributed by atoms with Gasteiger partial charge in [0.1, 0.15) is 16.3 Å². The highest BCUT2D eigenvalue weighted by atomic mass is 35.5. The van der Waals surface area contributed by atoms with Crippen molar-refractivity contribution in [1.82, 2.24) is 5.32 Å². The molecule has 4 aromatic carbocycles. The predicted octanol–water partition coefficient (Wildman–Crippen LogP) is 8.96. The number of halogens is 2. The lowest BCUT2D eigenvalue weighted by molar-refractivity contribution is -0.114. The number of esters is 1. The molecule has 1 aromatic heterocycles. The lowest BCUT2D eigenvalue weighted by atomic mass is 10.0. The molecule has 0 aliphatic heterocycles. The minimum atomic E-state index is -0.590. The van der Waals surface area contributed by atoms with Crippen LogP contribution in [0.15, 0.2) is 113 Å². The summed E-state index contributed by atoms with van der Waals surface area (Å²) in [6, 6.07) is 28.0. The van der Waals surface area contributed by atoms with Crippen LogP contribution < -0.4 is 16.0 Å². The second-order valence-electron chi connectivity index (χ2n) is 10.6. The molecule has 8 nitrogen and oxygen atoms in total. The van der Waals surface area contributed by atoms with E-state index in [-0.39, 0.29) is 17.4 Å². The van der Waals surface area contributed by atoms with Gasteiger partial charge >= 0.3 is 5.97 Å². The second-order valence-corrected chi connectivity index (χ2v) is 13.3. The first kappa shape index (κ1) is 35.4. The molecule has 0 spiro atoms. The molecular formula is C37H29Cl2N3O5S2. The first-order valence-electron chi connectivity index (χ1n) is 14.8. The van der Waals surface area contributed by atoms with Crippen molar-refractivity contribution >= 4 is 86.8 Å². The average Bonchev–Trinajstić information content (AvgIpc) is 3.51. The second kappa shape index (κ2) is 16.5. The highest BCUT2D eigenvalue weighted by Crippen LogP contribution is 2.36. The fourth-order valence-corrected chi connectivity index (χ4v) is 6.78. The van der Waals surface area contributed by atoms with Gasteiger partial charge in [0.25, 0.3) is 11.8 Å². The van der Waals surface area contributed by atoms with E-state index < -0.39 is 17.8 Å². The lowest BCUT2D eigenvalue weighted by Crippen LogP contribution is -2.30. The molecule has 0 fully saturated rings. The minimum Gasteiger partial charge on any atom is -0.465 e. The van der Waals surface area contributed by atoms with Crippen LogP contribution in [-0.4, -0.2) is 36.6 Å². The van der Waals surface area contributed by atoms with Crippen LogP contribution in [0, 0.1) is 6.92 Å². The third-order valence-corrected chi connectivity index (χ3v) is 9.50. The minimum absolute atomic E-state index is 0.0309. The Bertz CT molecular complexity index is 2050. The van der Waals surface area contributed by atoms with Crippen molar-refractivity contribution in [2.75, 3.05) is 23.5 Å². The zero-order chi connectivity index (χ0) is 34.9. The quantitative estimate of drug-likeness (QED) is 0.0711. The van der Waals surface area contributed by atoms with E-state index in [0.29, 0.717) is 47.9 Å². The van der Waals surface area contributed by atoms with Gasteiger partial charge in [-0.1, -0.05) is 83.4 Å². The molecule has 248 valence electrons. The molecule has 5 rings (SSSR count). The van der Waals surface area contributed by atoms with E-state index in [2.05, 4.69) is 16.0 Å². The van der Waals surface area contributed by atoms with Crippen molar-refractivity contribution in [2.45, 2.75) is 11.8 Å². The van der Waals surface area contributed by atoms with Gasteiger partial charge in [-0.15, -0.1) is 23.1 Å². The number of aryl methyl sites for hydroxylation is 1. The summed E-state index contributed by atoms with van der Waals surface area (Å²) >= 11 is 14.9. The van der Waals surface area contributed by atoms with Gasteiger partial charge in [-0.05, 0) is 66.6 Å². The van der Waals surface area contributed by atoms with Gasteiger partial charge in [0.15, 0.2) is 0 Å². The third kappa shape index (κ3) is 9.39. The van der Waals surface area contributed by atoms with Gasteiger partial charge in [-0.2, -0.15) is 0 Å². The molecule has 3 amide bonds. The maximum Gasteiger partial charge on any atom is 0.341 e. The number of methoxy groups -OCH3 is 1. The summed E-state index contributed by atoms with van der Waals surface area (Å²) in [7, 11) is 1.30. The highest BCUT2D eigenvalue weighted by molar-refractivity contribution is 8.00. The van der Waals surface area contributed by atoms with Crippen LogP contribution in [0.25, 0.3) is 17.2 Å². The zero-order valence-electron chi connectivity index (χ0n) is 26.2. The Morgan fingerprint density at radius 2 is 1.63 bits per heavy atom. The Morgan fingerprint density at radius 3 is 2.35 bits per heavy atom. The van der Waals surface area contributed by atoms with Crippen LogP contribution in [0.1, 0.15) is 31.8 Å². The van der Waals surface area contributed by atoms with Crippen LogP contribution >= 0.6 is 46.3 Å². The first-order chi connectivity index (χ1) is 23.6. The molecule has 49 heavy (non-hydrogen) atoms. The largest absolute Gasteiger partial charge is 0.465 e. The van der Waals surface area contributed by atoms with E-state index in [0.717, 1.165) is 11.1 Å². The monoisotopic (exact) mass is 729 g/mol. The van der Waals surface area contributed by atoms with Gasteiger partial charge in [-0.3, -0.25) is 14.4 Å². The normalized spacial score (nSPS) is 11.1. The number of carbonyl (C=O) groups is 4. The fraction of sp³-hybridized carbons (Fsp3) is 0.0811. The highest BCUT2D eigenvalue weighted by Gasteiger charge is 2.22. The molecule has 5 aromatic rings. The number of thioether (sulfide) groups is 1. The number of thiophene rings is 1. The third-order valence-electron chi connectivity index (χ3n) is 7.05. The number of hydrogen-bond acceptors (Lipinski definition) is 7. The van der Waals surface area contributed by atoms with E-state index in [1.54, 1.807) is 66.7 Å². The van der Waals surface area contributed by atoms with E-state index in [4.69, 9.17) is 27.9 Å². The van der Waals surface area contributed by atoms with E-state index in [9.17, 15) is 19.2 Å². The number of amides is 3. The molecule has 12 heteroatoms. The van der Waals surface area contributed by atoms with Gasteiger partial charge in [0.2, 0.25) is 5.91 Å². The molecule has 0 saturated heterocycles. The number of nitrogens with one attached hydrogen (secondary N) is 3. The summed E-state index contributed by atoms with van der Waals surface area (Å²) in [4.78, 5) is 52.9. The number of anilines is 2. The summed E-state index contributed by atoms with van der Waals surface area (Å²) in [5, 5.41) is 11.3. The van der Waals surface area contributed by atoms with Gasteiger partial charge < -0.3 is 20.7 Å². The number of ether oxygens (including phenoxy) is 1. The van der Waals surface area contributed by atoms with Crippen LogP contribution in [0.5, 0.6) is 0 Å². The van der Waals surface area contributed by atoms with E-state index >= 15 is 0 Å². The van der Waals surface area contributed by atoms with Crippen molar-refractivity contribution in [1.29, 1.82) is 0 Å². The molecule has 0 radical (unpaired) electrons. The standard InChI is InChI=1S/C37H29Cl2N3O5S2/c1-22-11-13-23(14-12-22)29-20-49-36(33(29)37(46)47-2)42-32(43)21-48-28-10-6-9-27(19-28)40-35(45)31(17-25-15-16-26(38)18-30(25)39)41-34(44)24-7-4-3-5-8-24/h3-20H,21H2,1-2H3,(H,40,45)(H,41,44)(H,42,43)/b31-17+. The summed E-state index contributed by atoms with van der Waals surface area (Å²) in [6.45, 7) is 1.98. The van der Waals surface area contributed by atoms with Crippen molar-refractivity contribution in [3.05, 3.63) is 140 Å². The van der Waals surface area contributed by atoms with Crippen LogP contribution in [-0.2, 0) is 14.3 Å². The summed E-state index contributed by atoms with van der Waals surface area (Å²) < 4.78 is 5.02. The number of carbonyl (C=O) groups excluding carboxylic acids is 4.